The molecule has 2 aromatic rings. The number of nitrogens with one attached hydrogen (secondary N) is 1. The fourth-order valence-corrected chi connectivity index (χ4v) is 4.51. The van der Waals surface area contributed by atoms with Gasteiger partial charge >= 0.3 is 6.03 Å². The van der Waals surface area contributed by atoms with Crippen molar-refractivity contribution in [2.75, 3.05) is 13.6 Å². The van der Waals surface area contributed by atoms with Crippen LogP contribution in [0.25, 0.3) is 10.1 Å². The summed E-state index contributed by atoms with van der Waals surface area (Å²) in [6, 6.07) is 7.60. The maximum Gasteiger partial charge on any atom is 0.325 e. The first-order valence-electron chi connectivity index (χ1n) is 8.73. The van der Waals surface area contributed by atoms with Gasteiger partial charge in [-0.2, -0.15) is 0 Å². The number of nitrogens with zero attached hydrogens (tertiary/aromatic N) is 2. The summed E-state index contributed by atoms with van der Waals surface area (Å²) in [5.74, 6) is -0.342. The van der Waals surface area contributed by atoms with E-state index in [1.54, 1.807) is 30.2 Å². The topological polar surface area (TPSA) is 69.7 Å². The molecule has 0 radical (unpaired) electrons. The molecule has 1 aromatic heterocycles. The highest BCUT2D eigenvalue weighted by Gasteiger charge is 2.56. The number of carbonyl (C=O) groups is 3. The van der Waals surface area contributed by atoms with Crippen LogP contribution in [0.1, 0.15) is 25.3 Å². The van der Waals surface area contributed by atoms with Crippen LogP contribution in [0.15, 0.2) is 29.6 Å². The lowest BCUT2D eigenvalue weighted by Crippen LogP contribution is -2.47. The molecule has 1 unspecified atom stereocenters. The molecule has 4 rings (SSSR count). The number of imide groups is 1. The Labute approximate surface area is 155 Å². The van der Waals surface area contributed by atoms with E-state index in [0.717, 1.165) is 28.7 Å². The molecule has 1 saturated heterocycles. The Morgan fingerprint density at radius 1 is 1.35 bits per heavy atom. The van der Waals surface area contributed by atoms with Crippen molar-refractivity contribution in [2.24, 2.45) is 5.92 Å². The van der Waals surface area contributed by atoms with Crippen molar-refractivity contribution in [1.82, 2.24) is 15.1 Å². The van der Waals surface area contributed by atoms with Gasteiger partial charge in [-0.15, -0.1) is 11.3 Å². The Bertz CT molecular complexity index is 904. The second-order valence-electron chi connectivity index (χ2n) is 7.30. The molecule has 1 aromatic carbocycles. The van der Waals surface area contributed by atoms with Crippen LogP contribution in [-0.4, -0.2) is 46.8 Å². The van der Waals surface area contributed by atoms with Crippen molar-refractivity contribution < 1.29 is 14.4 Å². The number of amides is 4. The van der Waals surface area contributed by atoms with E-state index in [2.05, 4.69) is 11.4 Å². The second-order valence-corrected chi connectivity index (χ2v) is 8.22. The van der Waals surface area contributed by atoms with Gasteiger partial charge in [-0.05, 0) is 48.1 Å². The van der Waals surface area contributed by atoms with Crippen LogP contribution in [0, 0.1) is 5.92 Å². The number of carbonyl (C=O) groups excluding carboxylic acids is 3. The molecule has 2 heterocycles. The molecule has 1 aliphatic carbocycles. The SMILES string of the molecule is CN(Cc1csc2ccccc12)C(=O)CN1C(=O)NC(C)(C2CC2)C1=O. The molecule has 26 heavy (non-hydrogen) atoms. The van der Waals surface area contributed by atoms with Crippen LogP contribution in [0.4, 0.5) is 4.79 Å². The summed E-state index contributed by atoms with van der Waals surface area (Å²) >= 11 is 1.64. The molecule has 0 spiro atoms. The van der Waals surface area contributed by atoms with Crippen molar-refractivity contribution in [3.8, 4) is 0 Å². The van der Waals surface area contributed by atoms with E-state index >= 15 is 0 Å². The number of rotatable bonds is 5. The van der Waals surface area contributed by atoms with Gasteiger partial charge in [0.05, 0.1) is 0 Å². The maximum atomic E-state index is 12.6. The number of urea groups is 1. The Kier molecular flexibility index (Phi) is 3.99. The molecular weight excluding hydrogens is 350 g/mol. The fraction of sp³-hybridized carbons (Fsp3) is 0.421. The first-order valence-corrected chi connectivity index (χ1v) is 9.61. The molecule has 0 bridgehead atoms. The van der Waals surface area contributed by atoms with Gasteiger partial charge in [0.2, 0.25) is 5.91 Å². The zero-order valence-corrected chi connectivity index (χ0v) is 15.6. The molecule has 1 atom stereocenters. The van der Waals surface area contributed by atoms with Gasteiger partial charge in [0.25, 0.3) is 5.91 Å². The quantitative estimate of drug-likeness (QED) is 0.822. The standard InChI is InChI=1S/C19H21N3O3S/c1-19(13-7-8-13)17(24)22(18(25)20-19)10-16(23)21(2)9-12-11-26-15-6-4-3-5-14(12)15/h3-6,11,13H,7-10H2,1-2H3,(H,20,25). The minimum Gasteiger partial charge on any atom is -0.340 e. The fourth-order valence-electron chi connectivity index (χ4n) is 3.55. The molecular formula is C19H21N3O3S. The number of benzene rings is 1. The Morgan fingerprint density at radius 2 is 2.08 bits per heavy atom. The Balaban J connectivity index is 1.44. The lowest BCUT2D eigenvalue weighted by molar-refractivity contribution is -0.138. The van der Waals surface area contributed by atoms with Gasteiger partial charge in [-0.25, -0.2) is 4.79 Å². The first kappa shape index (κ1) is 17.0. The van der Waals surface area contributed by atoms with Crippen LogP contribution in [0.3, 0.4) is 0 Å². The lowest BCUT2D eigenvalue weighted by Gasteiger charge is -2.22. The van der Waals surface area contributed by atoms with E-state index in [9.17, 15) is 14.4 Å². The Morgan fingerprint density at radius 3 is 2.81 bits per heavy atom. The molecule has 6 nitrogen and oxygen atoms in total. The summed E-state index contributed by atoms with van der Waals surface area (Å²) in [7, 11) is 1.70. The third-order valence-electron chi connectivity index (χ3n) is 5.38. The summed E-state index contributed by atoms with van der Waals surface area (Å²) in [6.07, 6.45) is 1.88. The highest BCUT2D eigenvalue weighted by molar-refractivity contribution is 7.17. The number of likely N-dealkylation sites (N-methyl/N-ethyl adjacent to an activating group) is 1. The van der Waals surface area contributed by atoms with E-state index in [1.807, 2.05) is 23.6 Å². The zero-order chi connectivity index (χ0) is 18.5. The van der Waals surface area contributed by atoms with Crippen molar-refractivity contribution in [2.45, 2.75) is 31.8 Å². The monoisotopic (exact) mass is 371 g/mol. The third-order valence-corrected chi connectivity index (χ3v) is 6.40. The van der Waals surface area contributed by atoms with Crippen molar-refractivity contribution in [3.05, 3.63) is 35.2 Å². The Hall–Kier alpha value is -2.41. The summed E-state index contributed by atoms with van der Waals surface area (Å²) in [5.41, 5.74) is 0.223. The molecule has 136 valence electrons. The molecule has 1 N–H and O–H groups in total. The second kappa shape index (κ2) is 6.09. The molecule has 2 aliphatic rings. The van der Waals surface area contributed by atoms with Crippen molar-refractivity contribution >= 4 is 39.3 Å². The van der Waals surface area contributed by atoms with E-state index in [-0.39, 0.29) is 24.3 Å². The number of thiophene rings is 1. The van der Waals surface area contributed by atoms with Crippen LogP contribution in [-0.2, 0) is 16.1 Å². The van der Waals surface area contributed by atoms with Gasteiger partial charge in [0, 0.05) is 18.3 Å². The predicted molar refractivity (Wildman–Crippen MR) is 99.7 cm³/mol. The van der Waals surface area contributed by atoms with Gasteiger partial charge in [0.15, 0.2) is 0 Å². The van der Waals surface area contributed by atoms with Crippen molar-refractivity contribution in [1.29, 1.82) is 0 Å². The van der Waals surface area contributed by atoms with Crippen LogP contribution in [0.2, 0.25) is 0 Å². The minimum atomic E-state index is -0.848. The average molecular weight is 371 g/mol. The maximum absolute atomic E-state index is 12.6. The molecule has 4 amide bonds. The average Bonchev–Trinajstić information content (AvgIpc) is 3.37. The largest absolute Gasteiger partial charge is 0.340 e. The first-order chi connectivity index (χ1) is 12.4. The normalized spacial score (nSPS) is 22.8. The molecule has 2 fully saturated rings. The van der Waals surface area contributed by atoms with E-state index in [4.69, 9.17) is 0 Å². The van der Waals surface area contributed by atoms with E-state index in [1.165, 1.54) is 4.70 Å². The van der Waals surface area contributed by atoms with E-state index < -0.39 is 11.6 Å². The van der Waals surface area contributed by atoms with E-state index in [0.29, 0.717) is 6.54 Å². The number of hydrogen-bond donors (Lipinski definition) is 1. The molecule has 1 aliphatic heterocycles. The summed E-state index contributed by atoms with van der Waals surface area (Å²) in [5, 5.41) is 5.96. The highest BCUT2D eigenvalue weighted by atomic mass is 32.1. The van der Waals surface area contributed by atoms with Gasteiger partial charge < -0.3 is 10.2 Å². The van der Waals surface area contributed by atoms with Gasteiger partial charge in [-0.1, -0.05) is 18.2 Å². The number of fused-ring (bicyclic) bond motifs is 1. The summed E-state index contributed by atoms with van der Waals surface area (Å²) in [4.78, 5) is 40.1. The molecule has 7 heteroatoms. The minimum absolute atomic E-state index is 0.189. The van der Waals surface area contributed by atoms with Crippen LogP contribution >= 0.6 is 11.3 Å². The molecule has 1 saturated carbocycles. The summed E-state index contributed by atoms with van der Waals surface area (Å²) in [6.45, 7) is 1.99. The smallest absolute Gasteiger partial charge is 0.325 e. The van der Waals surface area contributed by atoms with Crippen molar-refractivity contribution in [3.63, 3.8) is 0 Å². The summed E-state index contributed by atoms with van der Waals surface area (Å²) < 4.78 is 1.18. The third kappa shape index (κ3) is 2.76. The van der Waals surface area contributed by atoms with Crippen LogP contribution < -0.4 is 5.32 Å². The number of hydrogen-bond acceptors (Lipinski definition) is 4. The highest BCUT2D eigenvalue weighted by Crippen LogP contribution is 2.42. The van der Waals surface area contributed by atoms with Gasteiger partial charge in [-0.3, -0.25) is 14.5 Å². The lowest BCUT2D eigenvalue weighted by atomic mass is 9.96. The van der Waals surface area contributed by atoms with Crippen LogP contribution in [0.5, 0.6) is 0 Å². The zero-order valence-electron chi connectivity index (χ0n) is 14.8. The van der Waals surface area contributed by atoms with Gasteiger partial charge in [0.1, 0.15) is 12.1 Å². The predicted octanol–water partition coefficient (Wildman–Crippen LogP) is 2.58.